The summed E-state index contributed by atoms with van der Waals surface area (Å²) < 4.78 is 5.13. The molecule has 8 nitrogen and oxygen atoms in total. The maximum absolute atomic E-state index is 10.7. The fourth-order valence-corrected chi connectivity index (χ4v) is 1.44. The average Bonchev–Trinajstić information content (AvgIpc) is 2.75. The maximum atomic E-state index is 10.7. The molecule has 92 valence electrons. The van der Waals surface area contributed by atoms with Crippen molar-refractivity contribution in [1.29, 1.82) is 0 Å². The summed E-state index contributed by atoms with van der Waals surface area (Å²) in [4.78, 5) is 23.9. The highest BCUT2D eigenvalue weighted by Gasteiger charge is 2.22. The summed E-state index contributed by atoms with van der Waals surface area (Å²) in [6, 6.07) is 3.22. The molecule has 0 spiro atoms. The number of non-ortho nitro benzene ring substituents is 2. The molecule has 2 rings (SSSR count). The number of benzene rings is 1. The molecule has 0 fully saturated rings. The summed E-state index contributed by atoms with van der Waals surface area (Å²) in [6.45, 7) is 3.78. The van der Waals surface area contributed by atoms with Gasteiger partial charge in [0.2, 0.25) is 5.90 Å². The maximum Gasteiger partial charge on any atom is 0.277 e. The van der Waals surface area contributed by atoms with Gasteiger partial charge in [-0.15, -0.1) is 0 Å². The number of rotatable bonds is 3. The minimum absolute atomic E-state index is 0.104. The second kappa shape index (κ2) is 4.24. The molecule has 0 bridgehead atoms. The Morgan fingerprint density at radius 2 is 1.72 bits per heavy atom. The van der Waals surface area contributed by atoms with Crippen molar-refractivity contribution in [1.82, 2.24) is 0 Å². The molecule has 18 heavy (non-hydrogen) atoms. The topological polar surface area (TPSA) is 108 Å². The first-order chi connectivity index (χ1) is 8.47. The zero-order valence-corrected chi connectivity index (χ0v) is 9.03. The van der Waals surface area contributed by atoms with E-state index in [1.165, 1.54) is 12.1 Å². The van der Waals surface area contributed by atoms with E-state index in [1.807, 2.05) is 0 Å². The molecule has 1 aromatic rings. The molecular formula is C10H7N3O5. The summed E-state index contributed by atoms with van der Waals surface area (Å²) >= 11 is 0. The highest BCUT2D eigenvalue weighted by molar-refractivity contribution is 5.97. The van der Waals surface area contributed by atoms with Gasteiger partial charge in [-0.05, 0) is 0 Å². The molecule has 0 atom stereocenters. The van der Waals surface area contributed by atoms with Crippen molar-refractivity contribution in [3.8, 4) is 0 Å². The molecule has 1 aromatic carbocycles. The van der Waals surface area contributed by atoms with E-state index in [0.29, 0.717) is 5.76 Å². The number of hydrogen-bond donors (Lipinski definition) is 0. The van der Waals surface area contributed by atoms with Gasteiger partial charge in [-0.1, -0.05) is 6.58 Å². The Hall–Kier alpha value is -2.77. The third-order valence-electron chi connectivity index (χ3n) is 2.21. The lowest BCUT2D eigenvalue weighted by molar-refractivity contribution is -0.394. The molecule has 0 N–H and O–H groups in total. The molecule has 0 amide bonds. The monoisotopic (exact) mass is 249 g/mol. The van der Waals surface area contributed by atoms with Gasteiger partial charge in [0.1, 0.15) is 12.3 Å². The first-order valence-electron chi connectivity index (χ1n) is 4.81. The van der Waals surface area contributed by atoms with Crippen LogP contribution in [0.3, 0.4) is 0 Å². The summed E-state index contributed by atoms with van der Waals surface area (Å²) in [6.07, 6.45) is 0. The summed E-state index contributed by atoms with van der Waals surface area (Å²) in [5.74, 6) is 0.492. The molecule has 0 aliphatic carbocycles. The quantitative estimate of drug-likeness (QED) is 0.599. The van der Waals surface area contributed by atoms with Crippen LogP contribution < -0.4 is 0 Å². The van der Waals surface area contributed by atoms with Gasteiger partial charge in [0.15, 0.2) is 0 Å². The first-order valence-corrected chi connectivity index (χ1v) is 4.81. The Morgan fingerprint density at radius 3 is 2.11 bits per heavy atom. The molecule has 1 aliphatic heterocycles. The number of nitro benzene ring substituents is 2. The van der Waals surface area contributed by atoms with Crippen LogP contribution in [0.4, 0.5) is 11.4 Å². The van der Waals surface area contributed by atoms with Crippen LogP contribution in [0.1, 0.15) is 5.56 Å². The summed E-state index contributed by atoms with van der Waals surface area (Å²) in [7, 11) is 0. The first kappa shape index (κ1) is 11.7. The molecule has 0 saturated heterocycles. The largest absolute Gasteiger partial charge is 0.442 e. The Balaban J connectivity index is 2.50. The molecule has 0 aromatic heterocycles. The third-order valence-corrected chi connectivity index (χ3v) is 2.21. The molecular weight excluding hydrogens is 242 g/mol. The van der Waals surface area contributed by atoms with Crippen molar-refractivity contribution < 1.29 is 14.6 Å². The SMILES string of the molecule is C=C1CN=C(c2cc([N+](=O)[O-])cc([N+](=O)[O-])c2)O1. The number of nitro groups is 2. The lowest BCUT2D eigenvalue weighted by Crippen LogP contribution is -2.03. The van der Waals surface area contributed by atoms with Crippen LogP contribution in [0.2, 0.25) is 0 Å². The van der Waals surface area contributed by atoms with Gasteiger partial charge in [0.05, 0.1) is 21.5 Å². The highest BCUT2D eigenvalue weighted by Crippen LogP contribution is 2.25. The van der Waals surface area contributed by atoms with Gasteiger partial charge in [-0.3, -0.25) is 20.2 Å². The smallest absolute Gasteiger partial charge is 0.277 e. The van der Waals surface area contributed by atoms with Crippen LogP contribution in [0, 0.1) is 20.2 Å². The van der Waals surface area contributed by atoms with Crippen LogP contribution in [0.25, 0.3) is 0 Å². The Bertz CT molecular complexity index is 561. The van der Waals surface area contributed by atoms with E-state index in [4.69, 9.17) is 4.74 Å². The van der Waals surface area contributed by atoms with Crippen LogP contribution in [-0.2, 0) is 4.74 Å². The highest BCUT2D eigenvalue weighted by atomic mass is 16.6. The molecule has 0 radical (unpaired) electrons. The van der Waals surface area contributed by atoms with Crippen molar-refractivity contribution >= 4 is 17.3 Å². The van der Waals surface area contributed by atoms with Crippen molar-refractivity contribution in [2.75, 3.05) is 6.54 Å². The van der Waals surface area contributed by atoms with Crippen molar-refractivity contribution in [2.24, 2.45) is 4.99 Å². The van der Waals surface area contributed by atoms with E-state index >= 15 is 0 Å². The number of ether oxygens (including phenoxy) is 1. The van der Waals surface area contributed by atoms with E-state index in [2.05, 4.69) is 11.6 Å². The fourth-order valence-electron chi connectivity index (χ4n) is 1.44. The number of nitrogens with zero attached hydrogens (tertiary/aromatic N) is 3. The van der Waals surface area contributed by atoms with Crippen LogP contribution >= 0.6 is 0 Å². The molecule has 8 heteroatoms. The Kier molecular flexibility index (Phi) is 2.76. The predicted octanol–water partition coefficient (Wildman–Crippen LogP) is 1.79. The zero-order valence-electron chi connectivity index (χ0n) is 9.03. The van der Waals surface area contributed by atoms with Crippen LogP contribution in [-0.4, -0.2) is 22.3 Å². The van der Waals surface area contributed by atoms with E-state index in [1.54, 1.807) is 0 Å². The number of hydrogen-bond acceptors (Lipinski definition) is 6. The molecule has 0 saturated carbocycles. The van der Waals surface area contributed by atoms with Crippen molar-refractivity contribution in [3.05, 3.63) is 56.3 Å². The normalized spacial score (nSPS) is 14.0. The van der Waals surface area contributed by atoms with Crippen LogP contribution in [0.15, 0.2) is 35.5 Å². The van der Waals surface area contributed by atoms with Gasteiger partial charge in [-0.2, -0.15) is 0 Å². The van der Waals surface area contributed by atoms with Crippen molar-refractivity contribution in [2.45, 2.75) is 0 Å². The number of aliphatic imine (C=N–C) groups is 1. The lowest BCUT2D eigenvalue weighted by atomic mass is 10.1. The van der Waals surface area contributed by atoms with E-state index in [0.717, 1.165) is 6.07 Å². The van der Waals surface area contributed by atoms with Crippen LogP contribution in [0.5, 0.6) is 0 Å². The zero-order chi connectivity index (χ0) is 13.3. The third kappa shape index (κ3) is 2.17. The van der Waals surface area contributed by atoms with Gasteiger partial charge in [0.25, 0.3) is 11.4 Å². The second-order valence-corrected chi connectivity index (χ2v) is 3.51. The van der Waals surface area contributed by atoms with Gasteiger partial charge in [0, 0.05) is 12.1 Å². The second-order valence-electron chi connectivity index (χ2n) is 3.51. The Labute approximate surface area is 101 Å². The van der Waals surface area contributed by atoms with Gasteiger partial charge >= 0.3 is 0 Å². The Morgan fingerprint density at radius 1 is 1.17 bits per heavy atom. The fraction of sp³-hybridized carbons (Fsp3) is 0.100. The van der Waals surface area contributed by atoms with E-state index in [9.17, 15) is 20.2 Å². The minimum Gasteiger partial charge on any atom is -0.442 e. The van der Waals surface area contributed by atoms with E-state index in [-0.39, 0.29) is 29.4 Å². The van der Waals surface area contributed by atoms with Gasteiger partial charge < -0.3 is 4.74 Å². The molecule has 1 aliphatic rings. The predicted molar refractivity (Wildman–Crippen MR) is 61.4 cm³/mol. The summed E-state index contributed by atoms with van der Waals surface area (Å²) in [5, 5.41) is 21.4. The minimum atomic E-state index is -0.708. The standard InChI is InChI=1S/C10H7N3O5/c1-6-5-11-10(18-6)7-2-8(12(14)15)4-9(3-7)13(16)17/h2-4H,1,5H2. The molecule has 1 heterocycles. The summed E-state index contributed by atoms with van der Waals surface area (Å²) in [5.41, 5.74) is -0.583. The lowest BCUT2D eigenvalue weighted by Gasteiger charge is -2.02. The van der Waals surface area contributed by atoms with Crippen molar-refractivity contribution in [3.63, 3.8) is 0 Å². The van der Waals surface area contributed by atoms with Gasteiger partial charge in [-0.25, -0.2) is 4.99 Å². The average molecular weight is 249 g/mol. The van der Waals surface area contributed by atoms with E-state index < -0.39 is 9.85 Å². The molecule has 0 unspecified atom stereocenters.